The second-order valence-electron chi connectivity index (χ2n) is 9.56. The van der Waals surface area contributed by atoms with Crippen molar-refractivity contribution in [2.45, 2.75) is 70.5 Å². The van der Waals surface area contributed by atoms with Crippen LogP contribution in [0.1, 0.15) is 57.4 Å². The van der Waals surface area contributed by atoms with Crippen LogP contribution in [-0.2, 0) is 26.2 Å². The van der Waals surface area contributed by atoms with Crippen LogP contribution in [0.15, 0.2) is 42.5 Å². The summed E-state index contributed by atoms with van der Waals surface area (Å²) < 4.78 is 26.3. The molecule has 0 saturated heterocycles. The number of nitrogens with zero attached hydrogens (tertiary/aromatic N) is 2. The third-order valence-electron chi connectivity index (χ3n) is 6.72. The van der Waals surface area contributed by atoms with E-state index < -0.39 is 16.1 Å². The van der Waals surface area contributed by atoms with E-state index in [0.717, 1.165) is 41.8 Å². The first-order valence-corrected chi connectivity index (χ1v) is 15.8. The highest BCUT2D eigenvalue weighted by atomic mass is 35.5. The van der Waals surface area contributed by atoms with Crippen molar-refractivity contribution in [2.75, 3.05) is 17.1 Å². The topological polar surface area (TPSA) is 86.8 Å². The van der Waals surface area contributed by atoms with Crippen molar-refractivity contribution in [2.24, 2.45) is 0 Å². The van der Waals surface area contributed by atoms with Gasteiger partial charge in [-0.3, -0.25) is 13.9 Å². The van der Waals surface area contributed by atoms with Crippen LogP contribution in [0.5, 0.6) is 0 Å². The van der Waals surface area contributed by atoms with E-state index in [1.54, 1.807) is 17.0 Å². The molecule has 0 heterocycles. The maximum atomic E-state index is 13.6. The molecule has 0 radical (unpaired) electrons. The SMILES string of the molecule is CC[C@H](C(=O)NC1CCCC1)N(Cc1ccccc1Cl)C(=O)CCCN(c1cc(Cl)ccc1Cl)S(C)(=O)=O. The average molecular weight is 603 g/mol. The molecule has 1 fully saturated rings. The Morgan fingerprint density at radius 1 is 1.05 bits per heavy atom. The summed E-state index contributed by atoms with van der Waals surface area (Å²) in [6, 6.07) is 11.3. The number of sulfonamides is 1. The van der Waals surface area contributed by atoms with Gasteiger partial charge >= 0.3 is 0 Å². The molecule has 208 valence electrons. The molecule has 0 aromatic heterocycles. The third-order valence-corrected chi connectivity index (χ3v) is 8.82. The number of carbonyl (C=O) groups is 2. The van der Waals surface area contributed by atoms with Crippen molar-refractivity contribution in [1.82, 2.24) is 10.2 Å². The molecule has 11 heteroatoms. The van der Waals surface area contributed by atoms with Crippen LogP contribution in [0.3, 0.4) is 0 Å². The van der Waals surface area contributed by atoms with E-state index in [0.29, 0.717) is 16.5 Å². The highest BCUT2D eigenvalue weighted by Crippen LogP contribution is 2.31. The Bertz CT molecular complexity index is 1240. The predicted octanol–water partition coefficient (Wildman–Crippen LogP) is 6.06. The van der Waals surface area contributed by atoms with E-state index >= 15 is 0 Å². The second-order valence-corrected chi connectivity index (χ2v) is 12.7. The summed E-state index contributed by atoms with van der Waals surface area (Å²) in [6.45, 7) is 2.07. The normalized spacial score (nSPS) is 14.8. The number of rotatable bonds is 12. The highest BCUT2D eigenvalue weighted by Gasteiger charge is 2.31. The van der Waals surface area contributed by atoms with Crippen LogP contribution in [0.25, 0.3) is 0 Å². The molecule has 1 atom stereocenters. The molecule has 2 aromatic rings. The monoisotopic (exact) mass is 601 g/mol. The lowest BCUT2D eigenvalue weighted by molar-refractivity contribution is -0.141. The molecule has 1 aliphatic rings. The van der Waals surface area contributed by atoms with Gasteiger partial charge in [0.15, 0.2) is 0 Å². The summed E-state index contributed by atoms with van der Waals surface area (Å²) in [5.41, 5.74) is 0.988. The van der Waals surface area contributed by atoms with E-state index in [1.807, 2.05) is 25.1 Å². The second kappa shape index (κ2) is 13.9. The molecule has 0 aliphatic heterocycles. The largest absolute Gasteiger partial charge is 0.352 e. The molecular weight excluding hydrogens is 569 g/mol. The fourth-order valence-electron chi connectivity index (χ4n) is 4.76. The molecule has 7 nitrogen and oxygen atoms in total. The zero-order chi connectivity index (χ0) is 27.9. The lowest BCUT2D eigenvalue weighted by atomic mass is 10.1. The van der Waals surface area contributed by atoms with Gasteiger partial charge in [-0.15, -0.1) is 0 Å². The van der Waals surface area contributed by atoms with Crippen LogP contribution in [0, 0.1) is 0 Å². The molecule has 2 aromatic carbocycles. The summed E-state index contributed by atoms with van der Waals surface area (Å²) in [5, 5.41) is 4.21. The van der Waals surface area contributed by atoms with Crippen molar-refractivity contribution in [1.29, 1.82) is 0 Å². The summed E-state index contributed by atoms with van der Waals surface area (Å²) >= 11 is 18.7. The standard InChI is InChI=1S/C27H34Cl3N3O4S/c1-3-24(27(35)31-21-10-5-6-11-21)32(18-19-9-4-7-12-22(19)29)26(34)13-8-16-33(38(2,36)37)25-17-20(28)14-15-23(25)30/h4,7,9,12,14-15,17,21,24H,3,5-6,8,10-11,13,16,18H2,1-2H3,(H,31,35)/t24-/m1/s1. The van der Waals surface area contributed by atoms with Crippen LogP contribution >= 0.6 is 34.8 Å². The fourth-order valence-corrected chi connectivity index (χ4v) is 6.36. The first-order chi connectivity index (χ1) is 18.0. The minimum absolute atomic E-state index is 0.0234. The highest BCUT2D eigenvalue weighted by molar-refractivity contribution is 7.92. The number of benzene rings is 2. The predicted molar refractivity (Wildman–Crippen MR) is 154 cm³/mol. The lowest BCUT2D eigenvalue weighted by Crippen LogP contribution is -2.51. The van der Waals surface area contributed by atoms with Gasteiger partial charge in [0.2, 0.25) is 21.8 Å². The molecule has 38 heavy (non-hydrogen) atoms. The molecule has 3 rings (SSSR count). The zero-order valence-electron chi connectivity index (χ0n) is 21.6. The molecular formula is C27H34Cl3N3O4S. The van der Waals surface area contributed by atoms with Gasteiger partial charge in [0.25, 0.3) is 0 Å². The van der Waals surface area contributed by atoms with Crippen molar-refractivity contribution >= 4 is 62.3 Å². The van der Waals surface area contributed by atoms with E-state index in [-0.39, 0.29) is 54.5 Å². The van der Waals surface area contributed by atoms with Crippen molar-refractivity contribution < 1.29 is 18.0 Å². The lowest BCUT2D eigenvalue weighted by Gasteiger charge is -2.32. The number of nitrogens with one attached hydrogen (secondary N) is 1. The Balaban J connectivity index is 1.79. The quantitative estimate of drug-likeness (QED) is 0.320. The van der Waals surface area contributed by atoms with E-state index in [1.165, 1.54) is 12.1 Å². The first kappa shape index (κ1) is 30.5. The Hall–Kier alpha value is -2.00. The number of hydrogen-bond donors (Lipinski definition) is 1. The molecule has 0 bridgehead atoms. The van der Waals surface area contributed by atoms with Gasteiger partial charge in [-0.25, -0.2) is 8.42 Å². The minimum atomic E-state index is -3.69. The molecule has 1 saturated carbocycles. The Kier molecular flexibility index (Phi) is 11.2. The summed E-state index contributed by atoms with van der Waals surface area (Å²) in [6.07, 6.45) is 5.80. The van der Waals surface area contributed by atoms with Crippen molar-refractivity contribution in [3.63, 3.8) is 0 Å². The van der Waals surface area contributed by atoms with E-state index in [2.05, 4.69) is 5.32 Å². The average Bonchev–Trinajstić information content (AvgIpc) is 3.36. The maximum absolute atomic E-state index is 13.6. The number of anilines is 1. The molecule has 1 N–H and O–H groups in total. The maximum Gasteiger partial charge on any atom is 0.243 e. The van der Waals surface area contributed by atoms with Crippen molar-refractivity contribution in [3.8, 4) is 0 Å². The van der Waals surface area contributed by atoms with Gasteiger partial charge in [0, 0.05) is 35.6 Å². The van der Waals surface area contributed by atoms with Crippen LogP contribution in [0.4, 0.5) is 5.69 Å². The minimum Gasteiger partial charge on any atom is -0.352 e. The molecule has 1 aliphatic carbocycles. The van der Waals surface area contributed by atoms with Crippen LogP contribution in [0.2, 0.25) is 15.1 Å². The van der Waals surface area contributed by atoms with Crippen LogP contribution in [-0.4, -0.2) is 50.0 Å². The third kappa shape index (κ3) is 8.25. The number of hydrogen-bond acceptors (Lipinski definition) is 4. The number of carbonyl (C=O) groups excluding carboxylic acids is 2. The van der Waals surface area contributed by atoms with Gasteiger partial charge < -0.3 is 10.2 Å². The molecule has 0 spiro atoms. The smallest absolute Gasteiger partial charge is 0.243 e. The zero-order valence-corrected chi connectivity index (χ0v) is 24.7. The summed E-state index contributed by atoms with van der Waals surface area (Å²) in [5.74, 6) is -0.438. The Labute approximate surface area is 240 Å². The Morgan fingerprint density at radius 2 is 1.74 bits per heavy atom. The molecule has 2 amide bonds. The fraction of sp³-hybridized carbons (Fsp3) is 0.481. The number of halogens is 3. The van der Waals surface area contributed by atoms with Gasteiger partial charge in [-0.1, -0.05) is 72.8 Å². The van der Waals surface area contributed by atoms with Crippen LogP contribution < -0.4 is 9.62 Å². The summed E-state index contributed by atoms with van der Waals surface area (Å²) in [7, 11) is -3.69. The van der Waals surface area contributed by atoms with Gasteiger partial charge in [0.05, 0.1) is 17.0 Å². The molecule has 0 unspecified atom stereocenters. The van der Waals surface area contributed by atoms with Gasteiger partial charge in [-0.05, 0) is 55.5 Å². The van der Waals surface area contributed by atoms with E-state index in [4.69, 9.17) is 34.8 Å². The van der Waals surface area contributed by atoms with Gasteiger partial charge in [-0.2, -0.15) is 0 Å². The first-order valence-electron chi connectivity index (χ1n) is 12.8. The van der Waals surface area contributed by atoms with Gasteiger partial charge in [0.1, 0.15) is 6.04 Å². The Morgan fingerprint density at radius 3 is 2.37 bits per heavy atom. The van der Waals surface area contributed by atoms with E-state index in [9.17, 15) is 18.0 Å². The number of amides is 2. The van der Waals surface area contributed by atoms with Crippen molar-refractivity contribution in [3.05, 3.63) is 63.1 Å². The summed E-state index contributed by atoms with van der Waals surface area (Å²) in [4.78, 5) is 28.4.